The van der Waals surface area contributed by atoms with E-state index < -0.39 is 15.6 Å². The number of carbonyl (C=O) groups excluding carboxylic acids is 2. The molecule has 0 saturated carbocycles. The van der Waals surface area contributed by atoms with Crippen LogP contribution in [0.3, 0.4) is 0 Å². The maximum atomic E-state index is 12.6. The molecule has 0 spiro atoms. The number of Topliss-reactive ketones (excluding diaryl/α,β-unsaturated/α-hetero) is 1. The number of benzene rings is 3. The molecule has 3 aromatic rings. The SMILES string of the molecule is CC(=O)c1cccc(-c2ccc(C(=O)NCCCCN3CCc4ccc(OS(=O)(=O)C(F)(F)F)cc4C3)cc2)c1. The number of nitrogens with one attached hydrogen (secondary N) is 1. The first-order valence-electron chi connectivity index (χ1n) is 12.8. The summed E-state index contributed by atoms with van der Waals surface area (Å²) in [4.78, 5) is 26.3. The van der Waals surface area contributed by atoms with Gasteiger partial charge in [-0.1, -0.05) is 36.4 Å². The van der Waals surface area contributed by atoms with Crippen molar-refractivity contribution in [2.24, 2.45) is 0 Å². The van der Waals surface area contributed by atoms with Gasteiger partial charge >= 0.3 is 15.6 Å². The van der Waals surface area contributed by atoms with Crippen molar-refractivity contribution < 1.29 is 35.4 Å². The molecule has 1 heterocycles. The molecule has 0 fully saturated rings. The quantitative estimate of drug-likeness (QED) is 0.152. The minimum atomic E-state index is -5.72. The van der Waals surface area contributed by atoms with E-state index in [0.29, 0.717) is 30.6 Å². The molecule has 11 heteroatoms. The second-order valence-electron chi connectivity index (χ2n) is 9.62. The van der Waals surface area contributed by atoms with Gasteiger partial charge in [-0.15, -0.1) is 0 Å². The number of hydrogen-bond donors (Lipinski definition) is 1. The van der Waals surface area contributed by atoms with Crippen LogP contribution in [0.25, 0.3) is 11.1 Å². The van der Waals surface area contributed by atoms with Gasteiger partial charge in [0, 0.05) is 30.8 Å². The van der Waals surface area contributed by atoms with Crippen LogP contribution in [-0.4, -0.2) is 50.2 Å². The van der Waals surface area contributed by atoms with Gasteiger partial charge in [-0.3, -0.25) is 14.5 Å². The van der Waals surface area contributed by atoms with E-state index in [1.807, 2.05) is 30.3 Å². The highest BCUT2D eigenvalue weighted by atomic mass is 32.2. The zero-order chi connectivity index (χ0) is 28.9. The lowest BCUT2D eigenvalue weighted by molar-refractivity contribution is -0.0500. The van der Waals surface area contributed by atoms with Crippen molar-refractivity contribution in [3.63, 3.8) is 0 Å². The summed E-state index contributed by atoms with van der Waals surface area (Å²) in [6, 6.07) is 18.7. The van der Waals surface area contributed by atoms with Gasteiger partial charge in [-0.25, -0.2) is 0 Å². The molecule has 0 bridgehead atoms. The molecule has 40 heavy (non-hydrogen) atoms. The van der Waals surface area contributed by atoms with E-state index in [1.54, 1.807) is 24.3 Å². The minimum absolute atomic E-state index is 0.0100. The van der Waals surface area contributed by atoms with E-state index >= 15 is 0 Å². The summed E-state index contributed by atoms with van der Waals surface area (Å²) in [6.07, 6.45) is 2.21. The summed E-state index contributed by atoms with van der Waals surface area (Å²) >= 11 is 0. The number of rotatable bonds is 10. The molecular weight excluding hydrogens is 545 g/mol. The van der Waals surface area contributed by atoms with Crippen LogP contribution in [-0.2, 0) is 23.1 Å². The van der Waals surface area contributed by atoms with Crippen molar-refractivity contribution in [1.29, 1.82) is 0 Å². The van der Waals surface area contributed by atoms with Crippen molar-refractivity contribution in [3.8, 4) is 16.9 Å². The Kier molecular flexibility index (Phi) is 8.95. The lowest BCUT2D eigenvalue weighted by atomic mass is 9.99. The molecule has 4 rings (SSSR count). The molecule has 212 valence electrons. The number of halogens is 3. The Morgan fingerprint density at radius 1 is 0.925 bits per heavy atom. The third-order valence-corrected chi connectivity index (χ3v) is 7.67. The lowest BCUT2D eigenvalue weighted by Crippen LogP contribution is -2.32. The second-order valence-corrected chi connectivity index (χ2v) is 11.2. The fourth-order valence-electron chi connectivity index (χ4n) is 4.50. The standard InChI is InChI=1S/C29H29F3N2O5S/c1-20(35)24-5-4-6-25(17-24)21-7-9-23(10-8-21)28(36)33-14-2-3-15-34-16-13-22-11-12-27(18-26(22)19-34)39-40(37,38)29(30,31)32/h4-12,17-18H,2-3,13-16,19H2,1H3,(H,33,36). The zero-order valence-electron chi connectivity index (χ0n) is 21.8. The van der Waals surface area contributed by atoms with Crippen LogP contribution < -0.4 is 9.50 Å². The molecule has 0 unspecified atom stereocenters. The van der Waals surface area contributed by atoms with E-state index in [2.05, 4.69) is 14.4 Å². The summed E-state index contributed by atoms with van der Waals surface area (Å²) in [6.45, 7) is 3.95. The normalized spacial score (nSPS) is 13.9. The first-order valence-corrected chi connectivity index (χ1v) is 14.2. The second kappa shape index (κ2) is 12.2. The highest BCUT2D eigenvalue weighted by Gasteiger charge is 2.48. The summed E-state index contributed by atoms with van der Waals surface area (Å²) in [5.41, 5.74) is -0.854. The van der Waals surface area contributed by atoms with E-state index in [1.165, 1.54) is 19.1 Å². The average molecular weight is 575 g/mol. The number of fused-ring (bicyclic) bond motifs is 1. The van der Waals surface area contributed by atoms with Crippen LogP contribution in [0, 0.1) is 0 Å². The van der Waals surface area contributed by atoms with Gasteiger partial charge in [0.2, 0.25) is 0 Å². The molecular formula is C29H29F3N2O5S. The number of unbranched alkanes of at least 4 members (excludes halogenated alkanes) is 1. The summed E-state index contributed by atoms with van der Waals surface area (Å²) in [5.74, 6) is -0.556. The molecule has 1 amide bonds. The number of alkyl halides is 3. The fourth-order valence-corrected chi connectivity index (χ4v) is 4.96. The van der Waals surface area contributed by atoms with Gasteiger partial charge < -0.3 is 9.50 Å². The van der Waals surface area contributed by atoms with Crippen molar-refractivity contribution >= 4 is 21.8 Å². The molecule has 7 nitrogen and oxygen atoms in total. The Morgan fingerprint density at radius 3 is 2.38 bits per heavy atom. The first kappa shape index (κ1) is 29.3. The molecule has 0 atom stereocenters. The highest BCUT2D eigenvalue weighted by Crippen LogP contribution is 2.30. The van der Waals surface area contributed by atoms with Crippen LogP contribution in [0.15, 0.2) is 66.7 Å². The van der Waals surface area contributed by atoms with Crippen molar-refractivity contribution in [2.75, 3.05) is 19.6 Å². The van der Waals surface area contributed by atoms with E-state index in [-0.39, 0.29) is 17.4 Å². The minimum Gasteiger partial charge on any atom is -0.376 e. The predicted molar refractivity (Wildman–Crippen MR) is 144 cm³/mol. The van der Waals surface area contributed by atoms with Crippen LogP contribution in [0.5, 0.6) is 5.75 Å². The van der Waals surface area contributed by atoms with Gasteiger partial charge in [-0.2, -0.15) is 21.6 Å². The maximum absolute atomic E-state index is 12.6. The van der Waals surface area contributed by atoms with Gasteiger partial charge in [-0.05, 0) is 85.3 Å². The lowest BCUT2D eigenvalue weighted by Gasteiger charge is -2.29. The molecule has 1 N–H and O–H groups in total. The third-order valence-electron chi connectivity index (χ3n) is 6.69. The maximum Gasteiger partial charge on any atom is 0.534 e. The van der Waals surface area contributed by atoms with Gasteiger partial charge in [0.05, 0.1) is 0 Å². The molecule has 0 aromatic heterocycles. The van der Waals surface area contributed by atoms with Gasteiger partial charge in [0.1, 0.15) is 5.75 Å². The first-order chi connectivity index (χ1) is 18.9. The van der Waals surface area contributed by atoms with Crippen molar-refractivity contribution in [3.05, 3.63) is 89.0 Å². The van der Waals surface area contributed by atoms with Crippen LogP contribution in [0.2, 0.25) is 0 Å². The third kappa shape index (κ3) is 7.28. The topological polar surface area (TPSA) is 92.8 Å². The largest absolute Gasteiger partial charge is 0.534 e. The number of amides is 1. The Bertz CT molecular complexity index is 1490. The van der Waals surface area contributed by atoms with E-state index in [0.717, 1.165) is 48.2 Å². The number of ketones is 1. The van der Waals surface area contributed by atoms with Gasteiger partial charge in [0.25, 0.3) is 5.91 Å². The number of carbonyl (C=O) groups is 2. The molecule has 1 aliphatic heterocycles. The average Bonchev–Trinajstić information content (AvgIpc) is 2.92. The van der Waals surface area contributed by atoms with Gasteiger partial charge in [0.15, 0.2) is 5.78 Å². The summed E-state index contributed by atoms with van der Waals surface area (Å²) in [5, 5.41) is 2.91. The van der Waals surface area contributed by atoms with Crippen molar-refractivity contribution in [2.45, 2.75) is 38.2 Å². The highest BCUT2D eigenvalue weighted by molar-refractivity contribution is 7.88. The molecule has 0 radical (unpaired) electrons. The molecule has 0 aliphatic carbocycles. The molecule has 0 saturated heterocycles. The smallest absolute Gasteiger partial charge is 0.376 e. The number of hydrogen-bond acceptors (Lipinski definition) is 6. The number of nitrogens with zero attached hydrogens (tertiary/aromatic N) is 1. The van der Waals surface area contributed by atoms with Crippen LogP contribution >= 0.6 is 0 Å². The molecule has 1 aliphatic rings. The van der Waals surface area contributed by atoms with Crippen molar-refractivity contribution in [1.82, 2.24) is 10.2 Å². The Balaban J connectivity index is 1.22. The Hall–Kier alpha value is -3.70. The van der Waals surface area contributed by atoms with Crippen LogP contribution in [0.4, 0.5) is 13.2 Å². The monoisotopic (exact) mass is 574 g/mol. The van der Waals surface area contributed by atoms with Crippen LogP contribution in [0.1, 0.15) is 51.6 Å². The Labute approximate surface area is 231 Å². The summed E-state index contributed by atoms with van der Waals surface area (Å²) in [7, 11) is -5.72. The van der Waals surface area contributed by atoms with E-state index in [9.17, 15) is 31.2 Å². The fraction of sp³-hybridized carbons (Fsp3) is 0.310. The Morgan fingerprint density at radius 2 is 1.68 bits per heavy atom. The molecule has 3 aromatic carbocycles. The zero-order valence-corrected chi connectivity index (χ0v) is 22.6. The van der Waals surface area contributed by atoms with E-state index in [4.69, 9.17) is 0 Å². The summed E-state index contributed by atoms with van der Waals surface area (Å²) < 4.78 is 64.7. The predicted octanol–water partition coefficient (Wildman–Crippen LogP) is 5.35.